The topological polar surface area (TPSA) is 67.9 Å². The van der Waals surface area contributed by atoms with Crippen LogP contribution in [0.2, 0.25) is 0 Å². The van der Waals surface area contributed by atoms with Crippen molar-refractivity contribution in [2.24, 2.45) is 0 Å². The number of hydrogen-bond donors (Lipinski definition) is 0. The Morgan fingerprint density at radius 2 is 1.85 bits per heavy atom. The fraction of sp³-hybridized carbons (Fsp3) is 0.667. The van der Waals surface area contributed by atoms with Crippen LogP contribution < -0.4 is 0 Å². The summed E-state index contributed by atoms with van der Waals surface area (Å²) in [7, 11) is 0. The van der Waals surface area contributed by atoms with E-state index in [0.29, 0.717) is 19.3 Å². The lowest BCUT2D eigenvalue weighted by molar-refractivity contribution is -0.131. The minimum atomic E-state index is -0.392. The summed E-state index contributed by atoms with van der Waals surface area (Å²) in [6.45, 7) is 1.74. The fourth-order valence-electron chi connectivity index (χ4n) is 1.59. The van der Waals surface area contributed by atoms with Crippen LogP contribution in [0.15, 0.2) is 0 Å². The van der Waals surface area contributed by atoms with E-state index in [9.17, 15) is 4.79 Å². The molecule has 0 aromatic carbocycles. The Morgan fingerprint density at radius 3 is 2.15 bits per heavy atom. The molecule has 0 aromatic heterocycles. The molecule has 0 saturated carbocycles. The Balaban J connectivity index is 2.82. The van der Waals surface area contributed by atoms with Crippen molar-refractivity contribution in [3.8, 4) is 12.1 Å². The first-order chi connectivity index (χ1) is 6.24. The normalized spacial score (nSPS) is 26.5. The highest BCUT2D eigenvalue weighted by Gasteiger charge is 2.35. The molecule has 1 aliphatic heterocycles. The van der Waals surface area contributed by atoms with Gasteiger partial charge in [-0.2, -0.15) is 10.5 Å². The Bertz CT molecular complexity index is 264. The molecule has 1 fully saturated rings. The van der Waals surface area contributed by atoms with Crippen LogP contribution in [-0.4, -0.2) is 22.9 Å². The summed E-state index contributed by atoms with van der Waals surface area (Å²) in [5.74, 6) is -0.101. The molecule has 13 heavy (non-hydrogen) atoms. The minimum Gasteiger partial charge on any atom is -0.311 e. The third-order valence-corrected chi connectivity index (χ3v) is 2.27. The number of likely N-dealkylation sites (tertiary alicyclic amines) is 1. The monoisotopic (exact) mass is 177 g/mol. The van der Waals surface area contributed by atoms with Gasteiger partial charge in [-0.1, -0.05) is 6.92 Å². The Labute approximate surface area is 77.4 Å². The Kier molecular flexibility index (Phi) is 2.87. The summed E-state index contributed by atoms with van der Waals surface area (Å²) < 4.78 is 0. The van der Waals surface area contributed by atoms with Gasteiger partial charge in [0, 0.05) is 6.42 Å². The van der Waals surface area contributed by atoms with Gasteiger partial charge in [-0.25, -0.2) is 0 Å². The highest BCUT2D eigenvalue weighted by atomic mass is 16.2. The number of rotatable bonds is 1. The van der Waals surface area contributed by atoms with Crippen molar-refractivity contribution in [1.29, 1.82) is 10.5 Å². The highest BCUT2D eigenvalue weighted by Crippen LogP contribution is 2.23. The zero-order valence-electron chi connectivity index (χ0n) is 7.53. The fourth-order valence-corrected chi connectivity index (χ4v) is 1.59. The van der Waals surface area contributed by atoms with E-state index in [4.69, 9.17) is 10.5 Å². The van der Waals surface area contributed by atoms with Crippen LogP contribution in [0.1, 0.15) is 26.2 Å². The van der Waals surface area contributed by atoms with Crippen molar-refractivity contribution >= 4 is 5.91 Å². The number of nitriles is 2. The van der Waals surface area contributed by atoms with Crippen molar-refractivity contribution in [2.75, 3.05) is 0 Å². The summed E-state index contributed by atoms with van der Waals surface area (Å²) >= 11 is 0. The maximum atomic E-state index is 11.4. The lowest BCUT2D eigenvalue weighted by Gasteiger charge is -2.21. The van der Waals surface area contributed by atoms with E-state index in [-0.39, 0.29) is 5.91 Å². The molecule has 0 N–H and O–H groups in total. The SMILES string of the molecule is CCC(=O)N1C(C#N)CCC1C#N. The smallest absolute Gasteiger partial charge is 0.224 e. The second kappa shape index (κ2) is 3.91. The average molecular weight is 177 g/mol. The maximum Gasteiger partial charge on any atom is 0.224 e. The van der Waals surface area contributed by atoms with Gasteiger partial charge < -0.3 is 4.90 Å². The molecule has 2 atom stereocenters. The summed E-state index contributed by atoms with van der Waals surface area (Å²) in [5.41, 5.74) is 0. The van der Waals surface area contributed by atoms with E-state index in [1.165, 1.54) is 4.90 Å². The molecular weight excluding hydrogens is 166 g/mol. The van der Waals surface area contributed by atoms with Crippen LogP contribution in [0, 0.1) is 22.7 Å². The molecule has 4 heteroatoms. The summed E-state index contributed by atoms with van der Waals surface area (Å²) in [4.78, 5) is 12.8. The first kappa shape index (κ1) is 9.54. The molecular formula is C9H11N3O. The molecule has 0 bridgehead atoms. The van der Waals surface area contributed by atoms with Gasteiger partial charge in [0.2, 0.25) is 5.91 Å². The Morgan fingerprint density at radius 1 is 1.38 bits per heavy atom. The van der Waals surface area contributed by atoms with E-state index >= 15 is 0 Å². The quantitative estimate of drug-likeness (QED) is 0.595. The van der Waals surface area contributed by atoms with Crippen LogP contribution in [0.25, 0.3) is 0 Å². The molecule has 1 amide bonds. The molecule has 0 spiro atoms. The van der Waals surface area contributed by atoms with Gasteiger partial charge in [-0.3, -0.25) is 4.79 Å². The van der Waals surface area contributed by atoms with Crippen LogP contribution in [0.4, 0.5) is 0 Å². The molecule has 1 heterocycles. The Hall–Kier alpha value is -1.55. The molecule has 0 radical (unpaired) electrons. The van der Waals surface area contributed by atoms with E-state index in [1.807, 2.05) is 12.1 Å². The van der Waals surface area contributed by atoms with Gasteiger partial charge in [0.15, 0.2) is 0 Å². The van der Waals surface area contributed by atoms with Crippen molar-refractivity contribution in [3.63, 3.8) is 0 Å². The van der Waals surface area contributed by atoms with Crippen molar-refractivity contribution in [1.82, 2.24) is 4.90 Å². The first-order valence-corrected chi connectivity index (χ1v) is 4.35. The third kappa shape index (κ3) is 1.62. The lowest BCUT2D eigenvalue weighted by Crippen LogP contribution is -2.39. The van der Waals surface area contributed by atoms with Gasteiger partial charge in [0.05, 0.1) is 12.1 Å². The number of hydrogen-bond acceptors (Lipinski definition) is 3. The average Bonchev–Trinajstić information content (AvgIpc) is 2.59. The number of carbonyl (C=O) groups is 1. The molecule has 1 aliphatic rings. The summed E-state index contributed by atoms with van der Waals surface area (Å²) in [6.07, 6.45) is 1.61. The minimum absolute atomic E-state index is 0.101. The third-order valence-electron chi connectivity index (χ3n) is 2.27. The van der Waals surface area contributed by atoms with Gasteiger partial charge in [-0.05, 0) is 12.8 Å². The molecule has 4 nitrogen and oxygen atoms in total. The van der Waals surface area contributed by atoms with Gasteiger partial charge >= 0.3 is 0 Å². The predicted molar refractivity (Wildman–Crippen MR) is 45.2 cm³/mol. The molecule has 0 aromatic rings. The molecule has 68 valence electrons. The van der Waals surface area contributed by atoms with Crippen LogP contribution in [0.3, 0.4) is 0 Å². The highest BCUT2D eigenvalue weighted by molar-refractivity contribution is 5.77. The van der Waals surface area contributed by atoms with Crippen molar-refractivity contribution < 1.29 is 4.79 Å². The number of amides is 1. The maximum absolute atomic E-state index is 11.4. The summed E-state index contributed by atoms with van der Waals surface area (Å²) in [6, 6.07) is 3.31. The van der Waals surface area contributed by atoms with Crippen LogP contribution in [-0.2, 0) is 4.79 Å². The van der Waals surface area contributed by atoms with Crippen molar-refractivity contribution in [2.45, 2.75) is 38.3 Å². The van der Waals surface area contributed by atoms with Crippen LogP contribution >= 0.6 is 0 Å². The van der Waals surface area contributed by atoms with E-state index < -0.39 is 12.1 Å². The lowest BCUT2D eigenvalue weighted by atomic mass is 10.2. The van der Waals surface area contributed by atoms with Gasteiger partial charge in [0.1, 0.15) is 12.1 Å². The van der Waals surface area contributed by atoms with E-state index in [2.05, 4.69) is 0 Å². The predicted octanol–water partition coefficient (Wildman–Crippen LogP) is 0.803. The van der Waals surface area contributed by atoms with E-state index in [1.54, 1.807) is 6.92 Å². The molecule has 0 aliphatic carbocycles. The second-order valence-electron chi connectivity index (χ2n) is 3.02. The standard InChI is InChI=1S/C9H11N3O/c1-2-9(13)12-7(5-10)3-4-8(12)6-11/h7-8H,2-4H2,1H3. The number of nitrogens with zero attached hydrogens (tertiary/aromatic N) is 3. The van der Waals surface area contributed by atoms with Gasteiger partial charge in [-0.15, -0.1) is 0 Å². The molecule has 2 unspecified atom stereocenters. The van der Waals surface area contributed by atoms with Gasteiger partial charge in [0.25, 0.3) is 0 Å². The molecule has 1 saturated heterocycles. The van der Waals surface area contributed by atoms with Crippen molar-refractivity contribution in [3.05, 3.63) is 0 Å². The second-order valence-corrected chi connectivity index (χ2v) is 3.02. The zero-order chi connectivity index (χ0) is 9.84. The largest absolute Gasteiger partial charge is 0.311 e. The van der Waals surface area contributed by atoms with Crippen LogP contribution in [0.5, 0.6) is 0 Å². The zero-order valence-corrected chi connectivity index (χ0v) is 7.53. The number of carbonyl (C=O) groups excluding carboxylic acids is 1. The molecule has 1 rings (SSSR count). The van der Waals surface area contributed by atoms with E-state index in [0.717, 1.165) is 0 Å². The summed E-state index contributed by atoms with van der Waals surface area (Å²) in [5, 5.41) is 17.5. The first-order valence-electron chi connectivity index (χ1n) is 4.35.